The van der Waals surface area contributed by atoms with Crippen LogP contribution in [0.3, 0.4) is 0 Å². The van der Waals surface area contributed by atoms with Crippen LogP contribution in [-0.2, 0) is 9.53 Å². The van der Waals surface area contributed by atoms with E-state index in [9.17, 15) is 10.1 Å². The predicted octanol–water partition coefficient (Wildman–Crippen LogP) is 2.59. The van der Waals surface area contributed by atoms with Gasteiger partial charge in [0.1, 0.15) is 18.5 Å². The van der Waals surface area contributed by atoms with E-state index in [2.05, 4.69) is 21.8 Å². The number of rotatable bonds is 6. The number of nitriles is 1. The minimum atomic E-state index is -0.00723. The fourth-order valence-electron chi connectivity index (χ4n) is 3.66. The summed E-state index contributed by atoms with van der Waals surface area (Å²) in [6.07, 6.45) is 3.73. The second-order valence-electron chi connectivity index (χ2n) is 7.91. The maximum absolute atomic E-state index is 12.0. The zero-order valence-electron chi connectivity index (χ0n) is 17.0. The smallest absolute Gasteiger partial charge is 0.228 e. The van der Waals surface area contributed by atoms with Crippen LogP contribution in [0.5, 0.6) is 5.75 Å². The molecule has 1 aliphatic carbocycles. The van der Waals surface area contributed by atoms with Gasteiger partial charge in [-0.1, -0.05) is 0 Å². The van der Waals surface area contributed by atoms with Gasteiger partial charge in [0.15, 0.2) is 5.82 Å². The van der Waals surface area contributed by atoms with E-state index >= 15 is 0 Å². The molecule has 1 saturated heterocycles. The molecular formula is C23H23N5O3. The number of ether oxygens (including phenoxy) is 2. The molecule has 1 atom stereocenters. The molecule has 1 aromatic carbocycles. The van der Waals surface area contributed by atoms with Crippen LogP contribution in [0.4, 0.5) is 5.82 Å². The molecule has 1 aliphatic heterocycles. The molecule has 2 fully saturated rings. The largest absolute Gasteiger partial charge is 0.490 e. The van der Waals surface area contributed by atoms with E-state index in [4.69, 9.17) is 9.47 Å². The van der Waals surface area contributed by atoms with E-state index in [1.165, 1.54) is 0 Å². The van der Waals surface area contributed by atoms with Gasteiger partial charge in [0.05, 0.1) is 23.8 Å². The van der Waals surface area contributed by atoms with Crippen LogP contribution in [0.15, 0.2) is 42.6 Å². The van der Waals surface area contributed by atoms with Crippen LogP contribution in [0.25, 0.3) is 16.6 Å². The van der Waals surface area contributed by atoms with Crippen molar-refractivity contribution >= 4 is 17.2 Å². The third-order valence-electron chi connectivity index (χ3n) is 5.51. The maximum atomic E-state index is 12.0. The zero-order chi connectivity index (χ0) is 21.2. The van der Waals surface area contributed by atoms with Crippen molar-refractivity contribution in [2.24, 2.45) is 5.92 Å². The summed E-state index contributed by atoms with van der Waals surface area (Å²) in [5.74, 6) is 1.38. The van der Waals surface area contributed by atoms with Crippen molar-refractivity contribution in [2.75, 3.05) is 31.6 Å². The summed E-state index contributed by atoms with van der Waals surface area (Å²) in [4.78, 5) is 12.0. The van der Waals surface area contributed by atoms with Gasteiger partial charge in [0.25, 0.3) is 0 Å². The molecule has 2 aliphatic rings. The minimum Gasteiger partial charge on any atom is -0.490 e. The molecule has 0 bridgehead atoms. The van der Waals surface area contributed by atoms with Crippen molar-refractivity contribution in [1.82, 2.24) is 14.9 Å². The Labute approximate surface area is 179 Å². The van der Waals surface area contributed by atoms with Gasteiger partial charge in [-0.25, -0.2) is 4.52 Å². The average molecular weight is 417 g/mol. The van der Waals surface area contributed by atoms with Gasteiger partial charge in [-0.05, 0) is 48.7 Å². The number of nitrogens with one attached hydrogen (secondary N) is 2. The molecule has 0 spiro atoms. The van der Waals surface area contributed by atoms with E-state index in [0.717, 1.165) is 42.6 Å². The number of nitrogens with zero attached hydrogens (tertiary/aromatic N) is 3. The predicted molar refractivity (Wildman–Crippen MR) is 115 cm³/mol. The highest BCUT2D eigenvalue weighted by molar-refractivity contribution is 5.93. The molecule has 8 heteroatoms. The number of hydrogen-bond acceptors (Lipinski definition) is 6. The third-order valence-corrected chi connectivity index (χ3v) is 5.51. The SMILES string of the molecule is N#Cc1ccc(OC[C@H]2CNCCO2)c(-c2ccn3nc(NC(=O)C4CC4)cc3c2)c1. The lowest BCUT2D eigenvalue weighted by atomic mass is 10.0. The molecule has 2 N–H and O–H groups in total. The quantitative estimate of drug-likeness (QED) is 0.639. The normalized spacial score (nSPS) is 18.5. The van der Waals surface area contributed by atoms with Gasteiger partial charge in [0, 0.05) is 36.8 Å². The molecule has 0 unspecified atom stereocenters. The lowest BCUT2D eigenvalue weighted by molar-refractivity contribution is -0.117. The lowest BCUT2D eigenvalue weighted by Gasteiger charge is -2.24. The van der Waals surface area contributed by atoms with Crippen molar-refractivity contribution in [2.45, 2.75) is 18.9 Å². The van der Waals surface area contributed by atoms with Crippen molar-refractivity contribution in [3.63, 3.8) is 0 Å². The molecule has 8 nitrogen and oxygen atoms in total. The van der Waals surface area contributed by atoms with Gasteiger partial charge in [-0.2, -0.15) is 10.4 Å². The highest BCUT2D eigenvalue weighted by atomic mass is 16.5. The van der Waals surface area contributed by atoms with Crippen LogP contribution in [0, 0.1) is 17.2 Å². The summed E-state index contributed by atoms with van der Waals surface area (Å²) < 4.78 is 13.5. The van der Waals surface area contributed by atoms with Gasteiger partial charge in [-0.15, -0.1) is 0 Å². The number of pyridine rings is 1. The monoisotopic (exact) mass is 417 g/mol. The molecule has 1 saturated carbocycles. The topological polar surface area (TPSA) is 101 Å². The van der Waals surface area contributed by atoms with Crippen molar-refractivity contribution in [1.29, 1.82) is 5.26 Å². The number of hydrogen-bond donors (Lipinski definition) is 2. The number of anilines is 1. The Morgan fingerprint density at radius 3 is 3.00 bits per heavy atom. The van der Waals surface area contributed by atoms with Crippen molar-refractivity contribution in [3.8, 4) is 22.9 Å². The van der Waals surface area contributed by atoms with Crippen LogP contribution in [0.2, 0.25) is 0 Å². The molecule has 31 heavy (non-hydrogen) atoms. The number of benzene rings is 1. The number of carbonyl (C=O) groups is 1. The molecule has 158 valence electrons. The first kappa shape index (κ1) is 19.5. The van der Waals surface area contributed by atoms with Crippen LogP contribution >= 0.6 is 0 Å². The Morgan fingerprint density at radius 2 is 2.23 bits per heavy atom. The fraction of sp³-hybridized carbons (Fsp3) is 0.348. The third kappa shape index (κ3) is 4.38. The molecule has 2 aromatic heterocycles. The van der Waals surface area contributed by atoms with E-state index in [-0.39, 0.29) is 17.9 Å². The van der Waals surface area contributed by atoms with E-state index < -0.39 is 0 Å². The highest BCUT2D eigenvalue weighted by Crippen LogP contribution is 2.33. The first-order valence-corrected chi connectivity index (χ1v) is 10.5. The van der Waals surface area contributed by atoms with Gasteiger partial charge >= 0.3 is 0 Å². The number of carbonyl (C=O) groups excluding carboxylic acids is 1. The average Bonchev–Trinajstić information content (AvgIpc) is 3.58. The Balaban J connectivity index is 1.41. The second-order valence-corrected chi connectivity index (χ2v) is 7.91. The van der Waals surface area contributed by atoms with Gasteiger partial charge < -0.3 is 20.1 Å². The summed E-state index contributed by atoms with van der Waals surface area (Å²) >= 11 is 0. The molecule has 3 aromatic rings. The Kier molecular flexibility index (Phi) is 5.28. The van der Waals surface area contributed by atoms with E-state index in [0.29, 0.717) is 30.3 Å². The molecule has 0 radical (unpaired) electrons. The van der Waals surface area contributed by atoms with Crippen LogP contribution < -0.4 is 15.4 Å². The van der Waals surface area contributed by atoms with E-state index in [1.54, 1.807) is 10.6 Å². The first-order valence-electron chi connectivity index (χ1n) is 10.5. The standard InChI is InChI=1S/C23H23N5O3/c24-12-15-1-4-21(31-14-19-13-25-6-8-30-19)20(9-15)17-5-7-28-18(10-17)11-22(27-28)26-23(29)16-2-3-16/h1,4-5,7,9-11,16,19,25H,2-3,6,8,13-14H2,(H,26,27,29)/t19-/m1/s1. The molecule has 5 rings (SSSR count). The second kappa shape index (κ2) is 8.38. The minimum absolute atomic E-state index is 0.00723. The first-order chi connectivity index (χ1) is 15.2. The molecule has 3 heterocycles. The summed E-state index contributed by atoms with van der Waals surface area (Å²) in [6.45, 7) is 2.71. The van der Waals surface area contributed by atoms with Gasteiger partial charge in [-0.3, -0.25) is 4.79 Å². The highest BCUT2D eigenvalue weighted by Gasteiger charge is 2.30. The Hall–Kier alpha value is -3.41. The summed E-state index contributed by atoms with van der Waals surface area (Å²) in [7, 11) is 0. The fourth-order valence-corrected chi connectivity index (χ4v) is 3.66. The summed E-state index contributed by atoms with van der Waals surface area (Å²) in [5, 5.41) is 20.0. The summed E-state index contributed by atoms with van der Waals surface area (Å²) in [6, 6.07) is 13.3. The van der Waals surface area contributed by atoms with E-state index in [1.807, 2.05) is 36.5 Å². The van der Waals surface area contributed by atoms with Crippen LogP contribution in [-0.4, -0.2) is 47.9 Å². The Morgan fingerprint density at radius 1 is 1.32 bits per heavy atom. The Bertz CT molecular complexity index is 1160. The number of morpholine rings is 1. The number of fused-ring (bicyclic) bond motifs is 1. The number of aromatic nitrogens is 2. The lowest BCUT2D eigenvalue weighted by Crippen LogP contribution is -2.41. The van der Waals surface area contributed by atoms with Gasteiger partial charge in [0.2, 0.25) is 5.91 Å². The number of amides is 1. The van der Waals surface area contributed by atoms with Crippen molar-refractivity contribution < 1.29 is 14.3 Å². The van der Waals surface area contributed by atoms with Crippen molar-refractivity contribution in [3.05, 3.63) is 48.2 Å². The maximum Gasteiger partial charge on any atom is 0.228 e. The van der Waals surface area contributed by atoms with Crippen LogP contribution in [0.1, 0.15) is 18.4 Å². The molecular weight excluding hydrogens is 394 g/mol. The summed E-state index contributed by atoms with van der Waals surface area (Å²) in [5.41, 5.74) is 3.14. The zero-order valence-corrected chi connectivity index (χ0v) is 17.0. The molecule has 1 amide bonds.